The molecule has 1 aromatic carbocycles. The monoisotopic (exact) mass is 459 g/mol. The number of hydrogen-bond donors (Lipinski definition) is 0. The molecule has 0 fully saturated rings. The molecule has 0 radical (unpaired) electrons. The number of aromatic nitrogens is 4. The molecule has 0 aliphatic rings. The van der Waals surface area contributed by atoms with Gasteiger partial charge >= 0.3 is 5.69 Å². The van der Waals surface area contributed by atoms with Gasteiger partial charge in [-0.05, 0) is 30.5 Å². The zero-order valence-electron chi connectivity index (χ0n) is 18.8. The highest BCUT2D eigenvalue weighted by Gasteiger charge is 2.20. The number of carbonyl (C=O) groups is 1. The standard InChI is InChI=1S/C22H26FN5O3S/c1-13(2)10-28-19-18(21(30)27(5)22(28)31)20(25-14(3)24-19)32-12-17(29)26(4)11-15-6-8-16(23)9-7-15/h6-9,13H,10-12H2,1-5H3. The molecule has 0 aliphatic heterocycles. The van der Waals surface area contributed by atoms with Crippen LogP contribution in [0.25, 0.3) is 11.0 Å². The second-order valence-electron chi connectivity index (χ2n) is 8.09. The van der Waals surface area contributed by atoms with Gasteiger partial charge in [-0.2, -0.15) is 0 Å². The van der Waals surface area contributed by atoms with Gasteiger partial charge in [0.15, 0.2) is 5.65 Å². The van der Waals surface area contributed by atoms with Crippen LogP contribution in [0.2, 0.25) is 0 Å². The molecule has 170 valence electrons. The molecular formula is C22H26FN5O3S. The number of halogens is 1. The maximum atomic E-state index is 13.1. The Labute approximate surface area is 189 Å². The summed E-state index contributed by atoms with van der Waals surface area (Å²) in [4.78, 5) is 48.6. The largest absolute Gasteiger partial charge is 0.341 e. The number of rotatable bonds is 7. The lowest BCUT2D eigenvalue weighted by atomic mass is 10.2. The van der Waals surface area contributed by atoms with Crippen molar-refractivity contribution in [2.45, 2.75) is 38.9 Å². The zero-order chi connectivity index (χ0) is 23.6. The zero-order valence-corrected chi connectivity index (χ0v) is 19.6. The predicted molar refractivity (Wildman–Crippen MR) is 122 cm³/mol. The van der Waals surface area contributed by atoms with E-state index in [9.17, 15) is 18.8 Å². The maximum absolute atomic E-state index is 13.1. The number of aryl methyl sites for hydroxylation is 1. The van der Waals surface area contributed by atoms with Crippen molar-refractivity contribution in [3.05, 3.63) is 62.3 Å². The van der Waals surface area contributed by atoms with Crippen molar-refractivity contribution in [1.82, 2.24) is 24.0 Å². The lowest BCUT2D eigenvalue weighted by molar-refractivity contribution is -0.127. The molecule has 0 bridgehead atoms. The van der Waals surface area contributed by atoms with E-state index in [1.807, 2.05) is 13.8 Å². The summed E-state index contributed by atoms with van der Waals surface area (Å²) in [6, 6.07) is 5.96. The molecule has 10 heteroatoms. The Hall–Kier alpha value is -3.01. The van der Waals surface area contributed by atoms with Crippen LogP contribution in [0.1, 0.15) is 25.2 Å². The van der Waals surface area contributed by atoms with Crippen molar-refractivity contribution < 1.29 is 9.18 Å². The van der Waals surface area contributed by atoms with Crippen molar-refractivity contribution in [1.29, 1.82) is 0 Å². The smallest absolute Gasteiger partial charge is 0.332 e. The number of fused-ring (bicyclic) bond motifs is 1. The van der Waals surface area contributed by atoms with E-state index >= 15 is 0 Å². The van der Waals surface area contributed by atoms with Crippen LogP contribution in [0.5, 0.6) is 0 Å². The van der Waals surface area contributed by atoms with Crippen LogP contribution in [0.15, 0.2) is 38.9 Å². The fraction of sp³-hybridized carbons (Fsp3) is 0.409. The van der Waals surface area contributed by atoms with E-state index in [0.717, 1.165) is 21.9 Å². The molecule has 2 aromatic heterocycles. The molecule has 32 heavy (non-hydrogen) atoms. The molecule has 8 nitrogen and oxygen atoms in total. The third-order valence-electron chi connectivity index (χ3n) is 4.90. The molecule has 2 heterocycles. The first-order chi connectivity index (χ1) is 15.1. The van der Waals surface area contributed by atoms with E-state index < -0.39 is 11.2 Å². The molecular weight excluding hydrogens is 433 g/mol. The molecule has 0 atom stereocenters. The van der Waals surface area contributed by atoms with E-state index in [-0.39, 0.29) is 34.4 Å². The van der Waals surface area contributed by atoms with Gasteiger partial charge in [0.1, 0.15) is 22.1 Å². The Kier molecular flexibility index (Phi) is 7.12. The Morgan fingerprint density at radius 1 is 1.19 bits per heavy atom. The Morgan fingerprint density at radius 3 is 2.47 bits per heavy atom. The maximum Gasteiger partial charge on any atom is 0.332 e. The third-order valence-corrected chi connectivity index (χ3v) is 5.86. The van der Waals surface area contributed by atoms with E-state index in [2.05, 4.69) is 9.97 Å². The van der Waals surface area contributed by atoms with E-state index in [0.29, 0.717) is 23.9 Å². The fourth-order valence-corrected chi connectivity index (χ4v) is 4.27. The Morgan fingerprint density at radius 2 is 1.84 bits per heavy atom. The number of nitrogens with zero attached hydrogens (tertiary/aromatic N) is 5. The molecule has 0 spiro atoms. The Balaban J connectivity index is 1.91. The van der Waals surface area contributed by atoms with Crippen molar-refractivity contribution in [2.75, 3.05) is 12.8 Å². The average molecular weight is 460 g/mol. The highest BCUT2D eigenvalue weighted by atomic mass is 32.2. The SMILES string of the molecule is Cc1nc(SCC(=O)N(C)Cc2ccc(F)cc2)c2c(=O)n(C)c(=O)n(CC(C)C)c2n1. The first-order valence-electron chi connectivity index (χ1n) is 10.2. The minimum Gasteiger partial charge on any atom is -0.341 e. The summed E-state index contributed by atoms with van der Waals surface area (Å²) < 4.78 is 15.6. The molecule has 0 unspecified atom stereocenters. The first-order valence-corrected chi connectivity index (χ1v) is 11.2. The minimum atomic E-state index is -0.486. The second-order valence-corrected chi connectivity index (χ2v) is 9.05. The molecule has 3 rings (SSSR count). The van der Waals surface area contributed by atoms with Crippen LogP contribution >= 0.6 is 11.8 Å². The van der Waals surface area contributed by atoms with Crippen LogP contribution < -0.4 is 11.2 Å². The topological polar surface area (TPSA) is 90.1 Å². The molecule has 0 N–H and O–H groups in total. The lowest BCUT2D eigenvalue weighted by Crippen LogP contribution is -2.39. The van der Waals surface area contributed by atoms with E-state index in [1.165, 1.54) is 28.6 Å². The molecule has 0 aliphatic carbocycles. The van der Waals surface area contributed by atoms with Crippen LogP contribution in [0, 0.1) is 18.7 Å². The van der Waals surface area contributed by atoms with Gasteiger partial charge in [-0.1, -0.05) is 37.7 Å². The van der Waals surface area contributed by atoms with Crippen molar-refractivity contribution in [3.8, 4) is 0 Å². The summed E-state index contributed by atoms with van der Waals surface area (Å²) >= 11 is 1.14. The van der Waals surface area contributed by atoms with Crippen LogP contribution in [-0.2, 0) is 24.9 Å². The lowest BCUT2D eigenvalue weighted by Gasteiger charge is -2.18. The minimum absolute atomic E-state index is 0.0513. The number of amides is 1. The summed E-state index contributed by atoms with van der Waals surface area (Å²) in [6.07, 6.45) is 0. The highest BCUT2D eigenvalue weighted by molar-refractivity contribution is 8.00. The van der Waals surface area contributed by atoms with Crippen molar-refractivity contribution >= 4 is 28.7 Å². The van der Waals surface area contributed by atoms with Crippen molar-refractivity contribution in [3.63, 3.8) is 0 Å². The summed E-state index contributed by atoms with van der Waals surface area (Å²) in [5.74, 6) is 0.132. The van der Waals surface area contributed by atoms with Crippen LogP contribution in [-0.4, -0.2) is 42.7 Å². The normalized spacial score (nSPS) is 11.3. The van der Waals surface area contributed by atoms with Crippen LogP contribution in [0.4, 0.5) is 4.39 Å². The summed E-state index contributed by atoms with van der Waals surface area (Å²) in [6.45, 7) is 6.38. The van der Waals surface area contributed by atoms with Gasteiger partial charge in [0.25, 0.3) is 5.56 Å². The van der Waals surface area contributed by atoms with Gasteiger partial charge in [0.05, 0.1) is 5.75 Å². The molecule has 0 saturated carbocycles. The number of thioether (sulfide) groups is 1. The highest BCUT2D eigenvalue weighted by Crippen LogP contribution is 2.23. The predicted octanol–water partition coefficient (Wildman–Crippen LogP) is 2.34. The van der Waals surface area contributed by atoms with Crippen molar-refractivity contribution in [2.24, 2.45) is 13.0 Å². The summed E-state index contributed by atoms with van der Waals surface area (Å²) in [7, 11) is 3.09. The quantitative estimate of drug-likeness (QED) is 0.398. The van der Waals surface area contributed by atoms with Gasteiger partial charge < -0.3 is 4.90 Å². The second kappa shape index (κ2) is 9.64. The van der Waals surface area contributed by atoms with Gasteiger partial charge in [-0.15, -0.1) is 0 Å². The Bertz CT molecular complexity index is 1270. The van der Waals surface area contributed by atoms with Gasteiger partial charge in [0.2, 0.25) is 5.91 Å². The van der Waals surface area contributed by atoms with Gasteiger partial charge in [0, 0.05) is 27.2 Å². The molecule has 1 amide bonds. The van der Waals surface area contributed by atoms with E-state index in [4.69, 9.17) is 0 Å². The summed E-state index contributed by atoms with van der Waals surface area (Å²) in [5, 5.41) is 0.603. The third kappa shape index (κ3) is 5.07. The first kappa shape index (κ1) is 23.6. The number of hydrogen-bond acceptors (Lipinski definition) is 6. The number of benzene rings is 1. The van der Waals surface area contributed by atoms with E-state index in [1.54, 1.807) is 26.1 Å². The van der Waals surface area contributed by atoms with Gasteiger partial charge in [-0.3, -0.25) is 18.7 Å². The molecule has 3 aromatic rings. The van der Waals surface area contributed by atoms with Gasteiger partial charge in [-0.25, -0.2) is 19.2 Å². The van der Waals surface area contributed by atoms with Crippen LogP contribution in [0.3, 0.4) is 0 Å². The summed E-state index contributed by atoms with van der Waals surface area (Å²) in [5.41, 5.74) is 0.177. The number of carbonyl (C=O) groups excluding carboxylic acids is 1. The molecule has 0 saturated heterocycles. The fourth-order valence-electron chi connectivity index (χ4n) is 3.27. The average Bonchev–Trinajstić information content (AvgIpc) is 2.74.